The molecule has 11 nitrogen and oxygen atoms in total. The zero-order chi connectivity index (χ0) is 26.3. The number of alkyl carbamates (subject to hydrolysis) is 1. The Balaban J connectivity index is 1.64. The van der Waals surface area contributed by atoms with E-state index in [0.717, 1.165) is 5.57 Å². The number of esters is 1. The number of amides is 1. The summed E-state index contributed by atoms with van der Waals surface area (Å²) in [7, 11) is 0. The van der Waals surface area contributed by atoms with Crippen LogP contribution in [0.2, 0.25) is 0 Å². The van der Waals surface area contributed by atoms with Crippen molar-refractivity contribution in [2.24, 2.45) is 0 Å². The number of ether oxygens (including phenoxy) is 3. The molecule has 0 spiro atoms. The van der Waals surface area contributed by atoms with Crippen LogP contribution in [0, 0.1) is 0 Å². The van der Waals surface area contributed by atoms with Gasteiger partial charge in [-0.15, -0.1) is 0 Å². The first-order chi connectivity index (χ1) is 17.8. The maximum atomic E-state index is 13.3. The first-order valence-electron chi connectivity index (χ1n) is 11.6. The van der Waals surface area contributed by atoms with Crippen LogP contribution in [0.15, 0.2) is 41.2 Å². The summed E-state index contributed by atoms with van der Waals surface area (Å²) in [5.74, 6) is -0.224. The van der Waals surface area contributed by atoms with Crippen molar-refractivity contribution in [2.75, 3.05) is 19.8 Å². The fourth-order valence-electron chi connectivity index (χ4n) is 4.54. The standard InChI is InChI=1S/C26H25N3O8/c1-13(2)11-36-14-3-4-20-15(7-14)17(9-27-26(34)35-6-5-30)18-10-29-21(22(18)28-20)8-16-19(24(29)32)12-37-25(33)23(16)31/h3-4,7-8,23,30-31H,1,5-6,9-12H2,2H3,(H,27,34). The molecule has 1 atom stereocenters. The van der Waals surface area contributed by atoms with Gasteiger partial charge in [0, 0.05) is 23.1 Å². The van der Waals surface area contributed by atoms with Crippen LogP contribution in [-0.2, 0) is 34.0 Å². The fraction of sp³-hybridized carbons (Fsp3) is 0.308. The van der Waals surface area contributed by atoms with E-state index in [4.69, 9.17) is 24.3 Å². The molecule has 0 aliphatic carbocycles. The van der Waals surface area contributed by atoms with Gasteiger partial charge in [-0.2, -0.15) is 0 Å². The van der Waals surface area contributed by atoms with Gasteiger partial charge >= 0.3 is 12.1 Å². The van der Waals surface area contributed by atoms with Crippen molar-refractivity contribution in [2.45, 2.75) is 32.7 Å². The highest BCUT2D eigenvalue weighted by atomic mass is 16.6. The Morgan fingerprint density at radius 2 is 2.11 bits per heavy atom. The minimum atomic E-state index is -1.55. The summed E-state index contributed by atoms with van der Waals surface area (Å²) in [5.41, 5.74) is 3.87. The maximum absolute atomic E-state index is 13.3. The number of carbonyl (C=O) groups is 2. The van der Waals surface area contributed by atoms with Gasteiger partial charge in [-0.3, -0.25) is 4.79 Å². The second-order valence-electron chi connectivity index (χ2n) is 8.92. The summed E-state index contributed by atoms with van der Waals surface area (Å²) in [4.78, 5) is 42.2. The quantitative estimate of drug-likeness (QED) is 0.251. The molecule has 1 unspecified atom stereocenters. The van der Waals surface area contributed by atoms with E-state index in [-0.39, 0.29) is 49.6 Å². The van der Waals surface area contributed by atoms with Crippen molar-refractivity contribution in [3.05, 3.63) is 69.0 Å². The number of nitrogens with one attached hydrogen (secondary N) is 1. The van der Waals surface area contributed by atoms with Crippen molar-refractivity contribution in [1.82, 2.24) is 14.9 Å². The van der Waals surface area contributed by atoms with Crippen LogP contribution in [0.1, 0.15) is 35.3 Å². The number of rotatable bonds is 7. The van der Waals surface area contributed by atoms with E-state index >= 15 is 0 Å². The van der Waals surface area contributed by atoms with E-state index in [1.165, 1.54) is 4.57 Å². The molecule has 0 radical (unpaired) electrons. The van der Waals surface area contributed by atoms with Gasteiger partial charge in [0.1, 0.15) is 25.6 Å². The Kier molecular flexibility index (Phi) is 6.40. The van der Waals surface area contributed by atoms with E-state index in [1.54, 1.807) is 18.2 Å². The summed E-state index contributed by atoms with van der Waals surface area (Å²) in [6.45, 7) is 5.60. The highest BCUT2D eigenvalue weighted by molar-refractivity contribution is 5.89. The van der Waals surface area contributed by atoms with Crippen molar-refractivity contribution in [1.29, 1.82) is 0 Å². The smallest absolute Gasteiger partial charge is 0.407 e. The van der Waals surface area contributed by atoms with Gasteiger partial charge in [0.2, 0.25) is 0 Å². The van der Waals surface area contributed by atoms with Gasteiger partial charge in [-0.25, -0.2) is 14.6 Å². The third kappa shape index (κ3) is 4.43. The Hall–Kier alpha value is -4.22. The number of nitrogens with zero attached hydrogens (tertiary/aromatic N) is 2. The molecule has 11 heteroatoms. The van der Waals surface area contributed by atoms with Crippen molar-refractivity contribution in [3.8, 4) is 17.1 Å². The maximum Gasteiger partial charge on any atom is 0.407 e. The number of fused-ring (bicyclic) bond motifs is 5. The van der Waals surface area contributed by atoms with Crippen LogP contribution in [-0.4, -0.2) is 51.6 Å². The second-order valence-corrected chi connectivity index (χ2v) is 8.92. The number of carbonyl (C=O) groups excluding carboxylic acids is 2. The molecule has 1 amide bonds. The third-order valence-corrected chi connectivity index (χ3v) is 6.26. The molecule has 2 aromatic heterocycles. The van der Waals surface area contributed by atoms with E-state index < -0.39 is 18.2 Å². The summed E-state index contributed by atoms with van der Waals surface area (Å²) in [5, 5.41) is 22.7. The van der Waals surface area contributed by atoms with Crippen LogP contribution in [0.25, 0.3) is 22.3 Å². The summed E-state index contributed by atoms with van der Waals surface area (Å²) in [6.07, 6.45) is -2.26. The van der Waals surface area contributed by atoms with E-state index in [9.17, 15) is 19.5 Å². The van der Waals surface area contributed by atoms with Gasteiger partial charge in [0.25, 0.3) is 5.56 Å². The Morgan fingerprint density at radius 3 is 2.86 bits per heavy atom. The van der Waals surface area contributed by atoms with Gasteiger partial charge < -0.3 is 34.3 Å². The summed E-state index contributed by atoms with van der Waals surface area (Å²) >= 11 is 0. The van der Waals surface area contributed by atoms with Crippen molar-refractivity contribution < 1.29 is 34.0 Å². The zero-order valence-corrected chi connectivity index (χ0v) is 20.1. The largest absolute Gasteiger partial charge is 0.489 e. The molecule has 37 heavy (non-hydrogen) atoms. The van der Waals surface area contributed by atoms with Crippen molar-refractivity contribution in [3.63, 3.8) is 0 Å². The van der Waals surface area contributed by atoms with Gasteiger partial charge in [0.05, 0.1) is 35.6 Å². The van der Waals surface area contributed by atoms with E-state index in [2.05, 4.69) is 11.9 Å². The molecule has 0 fully saturated rings. The minimum absolute atomic E-state index is 0.0578. The predicted molar refractivity (Wildman–Crippen MR) is 131 cm³/mol. The molecular formula is C26H25N3O8. The normalized spacial score (nSPS) is 15.4. The number of benzene rings is 1. The van der Waals surface area contributed by atoms with E-state index in [1.807, 2.05) is 13.0 Å². The highest BCUT2D eigenvalue weighted by Gasteiger charge is 2.34. The number of hydrogen-bond donors (Lipinski definition) is 3. The molecule has 0 bridgehead atoms. The Morgan fingerprint density at radius 1 is 1.30 bits per heavy atom. The molecular weight excluding hydrogens is 482 g/mol. The number of aromatic nitrogens is 2. The third-order valence-electron chi connectivity index (χ3n) is 6.26. The van der Waals surface area contributed by atoms with Crippen LogP contribution in [0.4, 0.5) is 4.79 Å². The number of aliphatic hydroxyl groups excluding tert-OH is 2. The number of cyclic esters (lactones) is 1. The first-order valence-corrected chi connectivity index (χ1v) is 11.6. The lowest BCUT2D eigenvalue weighted by Crippen LogP contribution is -2.32. The molecule has 2 aliphatic rings. The molecule has 5 rings (SSSR count). The minimum Gasteiger partial charge on any atom is -0.489 e. The monoisotopic (exact) mass is 507 g/mol. The van der Waals surface area contributed by atoms with Gasteiger partial charge in [0.15, 0.2) is 6.10 Å². The number of hydrogen-bond acceptors (Lipinski definition) is 9. The summed E-state index contributed by atoms with van der Waals surface area (Å²) < 4.78 is 17.2. The fourth-order valence-corrected chi connectivity index (χ4v) is 4.54. The topological polar surface area (TPSA) is 149 Å². The molecule has 1 aromatic carbocycles. The van der Waals surface area contributed by atoms with Crippen molar-refractivity contribution >= 4 is 23.0 Å². The molecule has 4 heterocycles. The van der Waals surface area contributed by atoms with Crippen LogP contribution >= 0.6 is 0 Å². The molecule has 192 valence electrons. The average Bonchev–Trinajstić information content (AvgIpc) is 3.25. The van der Waals surface area contributed by atoms with Crippen LogP contribution < -0.4 is 15.6 Å². The molecule has 0 saturated heterocycles. The number of pyridine rings is 2. The van der Waals surface area contributed by atoms with E-state index in [0.29, 0.717) is 45.8 Å². The average molecular weight is 507 g/mol. The lowest BCUT2D eigenvalue weighted by molar-refractivity contribution is -0.157. The van der Waals surface area contributed by atoms with Gasteiger partial charge in [-0.05, 0) is 42.3 Å². The highest BCUT2D eigenvalue weighted by Crippen LogP contribution is 2.38. The Labute approximate surface area is 210 Å². The summed E-state index contributed by atoms with van der Waals surface area (Å²) in [6, 6.07) is 6.96. The van der Waals surface area contributed by atoms with Crippen LogP contribution in [0.3, 0.4) is 0 Å². The SMILES string of the molecule is C=C(C)COc1ccc2nc3c(c(CNC(=O)OCCO)c2c1)Cn1c-3cc2c(c1=O)COC(=O)C2O. The molecule has 0 saturated carbocycles. The number of aliphatic hydroxyl groups is 2. The molecule has 3 N–H and O–H groups in total. The van der Waals surface area contributed by atoms with Gasteiger partial charge in [-0.1, -0.05) is 6.58 Å². The zero-order valence-electron chi connectivity index (χ0n) is 20.1. The molecule has 2 aliphatic heterocycles. The predicted octanol–water partition coefficient (Wildman–Crippen LogP) is 1.69. The lowest BCUT2D eigenvalue weighted by atomic mass is 9.98. The lowest BCUT2D eigenvalue weighted by Gasteiger charge is -2.21. The Bertz CT molecular complexity index is 1510. The first kappa shape index (κ1) is 24.5. The van der Waals surface area contributed by atoms with Crippen LogP contribution in [0.5, 0.6) is 5.75 Å². The molecule has 3 aromatic rings. The second kappa shape index (κ2) is 9.68.